The van der Waals surface area contributed by atoms with E-state index in [4.69, 9.17) is 9.47 Å². The lowest BCUT2D eigenvalue weighted by atomic mass is 10.1. The second-order valence-electron chi connectivity index (χ2n) is 5.40. The molecule has 1 atom stereocenters. The lowest BCUT2D eigenvalue weighted by Crippen LogP contribution is -2.47. The third kappa shape index (κ3) is 7.31. The standard InChI is InChI=1S/C14H30N2O2/c1-4-15-11-14-12-16(7-10-18-14)6-9-17-8-5-13(2)3/h13-15H,4-12H2,1-3H3. The second-order valence-corrected chi connectivity index (χ2v) is 5.40. The Labute approximate surface area is 112 Å². The largest absolute Gasteiger partial charge is 0.380 e. The monoisotopic (exact) mass is 258 g/mol. The minimum atomic E-state index is 0.342. The van der Waals surface area contributed by atoms with Crippen LogP contribution in [-0.2, 0) is 9.47 Å². The Balaban J connectivity index is 2.03. The molecule has 1 fully saturated rings. The van der Waals surface area contributed by atoms with E-state index in [1.165, 1.54) is 0 Å². The van der Waals surface area contributed by atoms with Crippen LogP contribution in [0.25, 0.3) is 0 Å². The topological polar surface area (TPSA) is 33.7 Å². The van der Waals surface area contributed by atoms with Crippen molar-refractivity contribution >= 4 is 0 Å². The molecule has 1 aliphatic rings. The smallest absolute Gasteiger partial charge is 0.0826 e. The van der Waals surface area contributed by atoms with Gasteiger partial charge in [-0.1, -0.05) is 20.8 Å². The van der Waals surface area contributed by atoms with Crippen molar-refractivity contribution in [1.82, 2.24) is 10.2 Å². The zero-order valence-electron chi connectivity index (χ0n) is 12.3. The molecule has 108 valence electrons. The molecule has 1 heterocycles. The van der Waals surface area contributed by atoms with Crippen molar-refractivity contribution in [2.24, 2.45) is 5.92 Å². The maximum atomic E-state index is 5.72. The quantitative estimate of drug-likeness (QED) is 0.633. The second kappa shape index (κ2) is 9.73. The molecule has 18 heavy (non-hydrogen) atoms. The van der Waals surface area contributed by atoms with Crippen LogP contribution in [0.15, 0.2) is 0 Å². The number of nitrogens with zero attached hydrogens (tertiary/aromatic N) is 1. The molecule has 1 saturated heterocycles. The average molecular weight is 258 g/mol. The fourth-order valence-electron chi connectivity index (χ4n) is 2.03. The van der Waals surface area contributed by atoms with Crippen LogP contribution in [-0.4, -0.2) is 63.5 Å². The summed E-state index contributed by atoms with van der Waals surface area (Å²) in [5.41, 5.74) is 0. The van der Waals surface area contributed by atoms with Crippen LogP contribution in [0, 0.1) is 5.92 Å². The van der Waals surface area contributed by atoms with Gasteiger partial charge in [0.15, 0.2) is 0 Å². The third-order valence-corrected chi connectivity index (χ3v) is 3.24. The minimum Gasteiger partial charge on any atom is -0.380 e. The van der Waals surface area contributed by atoms with Crippen LogP contribution in [0.3, 0.4) is 0 Å². The zero-order chi connectivity index (χ0) is 13.2. The average Bonchev–Trinajstić information content (AvgIpc) is 2.36. The van der Waals surface area contributed by atoms with Crippen molar-refractivity contribution < 1.29 is 9.47 Å². The van der Waals surface area contributed by atoms with Gasteiger partial charge in [0.05, 0.1) is 19.3 Å². The molecule has 0 aromatic heterocycles. The van der Waals surface area contributed by atoms with Gasteiger partial charge in [-0.15, -0.1) is 0 Å². The Bertz CT molecular complexity index is 200. The molecule has 4 heteroatoms. The summed E-state index contributed by atoms with van der Waals surface area (Å²) in [5.74, 6) is 0.734. The highest BCUT2D eigenvalue weighted by atomic mass is 16.5. The number of ether oxygens (including phenoxy) is 2. The van der Waals surface area contributed by atoms with Crippen molar-refractivity contribution in [1.29, 1.82) is 0 Å². The summed E-state index contributed by atoms with van der Waals surface area (Å²) in [7, 11) is 0. The SMILES string of the molecule is CCNCC1CN(CCOCCC(C)C)CCO1. The number of hydrogen-bond acceptors (Lipinski definition) is 4. The summed E-state index contributed by atoms with van der Waals surface area (Å²) in [6.45, 7) is 14.3. The fraction of sp³-hybridized carbons (Fsp3) is 1.00. The van der Waals surface area contributed by atoms with Crippen LogP contribution < -0.4 is 5.32 Å². The van der Waals surface area contributed by atoms with Crippen molar-refractivity contribution in [3.63, 3.8) is 0 Å². The number of likely N-dealkylation sites (N-methyl/N-ethyl adjacent to an activating group) is 1. The molecule has 1 unspecified atom stereocenters. The predicted octanol–water partition coefficient (Wildman–Crippen LogP) is 1.36. The highest BCUT2D eigenvalue weighted by molar-refractivity contribution is 4.73. The molecule has 0 aromatic rings. The van der Waals surface area contributed by atoms with E-state index in [-0.39, 0.29) is 0 Å². The van der Waals surface area contributed by atoms with Gasteiger partial charge in [0.25, 0.3) is 0 Å². The summed E-state index contributed by atoms with van der Waals surface area (Å²) >= 11 is 0. The van der Waals surface area contributed by atoms with Crippen molar-refractivity contribution in [3.05, 3.63) is 0 Å². The number of morpholine rings is 1. The van der Waals surface area contributed by atoms with Gasteiger partial charge in [-0.25, -0.2) is 0 Å². The van der Waals surface area contributed by atoms with Crippen molar-refractivity contribution in [2.45, 2.75) is 33.3 Å². The first kappa shape index (κ1) is 15.9. The molecule has 4 nitrogen and oxygen atoms in total. The van der Waals surface area contributed by atoms with Crippen LogP contribution in [0.1, 0.15) is 27.2 Å². The van der Waals surface area contributed by atoms with E-state index in [0.29, 0.717) is 6.10 Å². The Morgan fingerprint density at radius 1 is 1.39 bits per heavy atom. The molecular weight excluding hydrogens is 228 g/mol. The Kier molecular flexibility index (Phi) is 8.59. The van der Waals surface area contributed by atoms with Crippen LogP contribution in [0.4, 0.5) is 0 Å². The maximum absolute atomic E-state index is 5.72. The minimum absolute atomic E-state index is 0.342. The number of rotatable bonds is 9. The molecule has 0 aliphatic carbocycles. The van der Waals surface area contributed by atoms with Crippen LogP contribution in [0.5, 0.6) is 0 Å². The van der Waals surface area contributed by atoms with E-state index in [1.54, 1.807) is 0 Å². The molecule has 0 bridgehead atoms. The summed E-state index contributed by atoms with van der Waals surface area (Å²) in [5, 5.41) is 3.34. The van der Waals surface area contributed by atoms with Gasteiger partial charge < -0.3 is 14.8 Å². The van der Waals surface area contributed by atoms with E-state index < -0.39 is 0 Å². The van der Waals surface area contributed by atoms with Gasteiger partial charge in [-0.3, -0.25) is 4.90 Å². The molecule has 0 saturated carbocycles. The lowest BCUT2D eigenvalue weighted by Gasteiger charge is -2.32. The first-order valence-corrected chi connectivity index (χ1v) is 7.34. The fourth-order valence-corrected chi connectivity index (χ4v) is 2.03. The summed E-state index contributed by atoms with van der Waals surface area (Å²) < 4.78 is 11.4. The van der Waals surface area contributed by atoms with Crippen LogP contribution >= 0.6 is 0 Å². The lowest BCUT2D eigenvalue weighted by molar-refractivity contribution is -0.0349. The van der Waals surface area contributed by atoms with Gasteiger partial charge in [0, 0.05) is 32.8 Å². The van der Waals surface area contributed by atoms with E-state index in [2.05, 4.69) is 31.0 Å². The predicted molar refractivity (Wildman–Crippen MR) is 75.0 cm³/mol. The summed E-state index contributed by atoms with van der Waals surface area (Å²) in [6.07, 6.45) is 1.50. The van der Waals surface area contributed by atoms with Gasteiger partial charge in [-0.05, 0) is 18.9 Å². The van der Waals surface area contributed by atoms with Crippen molar-refractivity contribution in [2.75, 3.05) is 52.5 Å². The summed E-state index contributed by atoms with van der Waals surface area (Å²) in [6, 6.07) is 0. The Morgan fingerprint density at radius 2 is 2.22 bits per heavy atom. The summed E-state index contributed by atoms with van der Waals surface area (Å²) in [4.78, 5) is 2.45. The molecule has 0 radical (unpaired) electrons. The first-order chi connectivity index (χ1) is 8.72. The van der Waals surface area contributed by atoms with Crippen molar-refractivity contribution in [3.8, 4) is 0 Å². The Hall–Kier alpha value is -0.160. The molecule has 1 rings (SSSR count). The molecule has 0 aromatic carbocycles. The highest BCUT2D eigenvalue weighted by Gasteiger charge is 2.19. The number of nitrogens with one attached hydrogen (secondary N) is 1. The normalized spacial score (nSPS) is 21.7. The molecule has 1 aliphatic heterocycles. The maximum Gasteiger partial charge on any atom is 0.0826 e. The van der Waals surface area contributed by atoms with E-state index in [9.17, 15) is 0 Å². The van der Waals surface area contributed by atoms with Gasteiger partial charge in [-0.2, -0.15) is 0 Å². The first-order valence-electron chi connectivity index (χ1n) is 7.34. The Morgan fingerprint density at radius 3 is 2.94 bits per heavy atom. The van der Waals surface area contributed by atoms with Gasteiger partial charge in [0.1, 0.15) is 0 Å². The van der Waals surface area contributed by atoms with E-state index in [1.807, 2.05) is 0 Å². The van der Waals surface area contributed by atoms with Crippen LogP contribution in [0.2, 0.25) is 0 Å². The molecule has 1 N–H and O–H groups in total. The zero-order valence-corrected chi connectivity index (χ0v) is 12.3. The van der Waals surface area contributed by atoms with E-state index >= 15 is 0 Å². The molecule has 0 amide bonds. The molecule has 0 spiro atoms. The van der Waals surface area contributed by atoms with E-state index in [0.717, 1.165) is 64.9 Å². The highest BCUT2D eigenvalue weighted by Crippen LogP contribution is 2.04. The molecular formula is C14H30N2O2. The van der Waals surface area contributed by atoms with Gasteiger partial charge >= 0.3 is 0 Å². The van der Waals surface area contributed by atoms with Gasteiger partial charge in [0.2, 0.25) is 0 Å². The third-order valence-electron chi connectivity index (χ3n) is 3.24. The number of hydrogen-bond donors (Lipinski definition) is 1.